The van der Waals surface area contributed by atoms with Crippen LogP contribution >= 0.6 is 11.6 Å². The highest BCUT2D eigenvalue weighted by Gasteiger charge is 2.15. The number of hydrogen-bond acceptors (Lipinski definition) is 4. The molecule has 0 saturated carbocycles. The van der Waals surface area contributed by atoms with E-state index in [1.807, 2.05) is 42.5 Å². The van der Waals surface area contributed by atoms with Crippen LogP contribution in [0.15, 0.2) is 67.1 Å². The van der Waals surface area contributed by atoms with E-state index in [0.717, 1.165) is 11.3 Å². The lowest BCUT2D eigenvalue weighted by Crippen LogP contribution is -2.29. The quantitative estimate of drug-likeness (QED) is 0.542. The number of para-hydroxylation sites is 1. The van der Waals surface area contributed by atoms with Crippen LogP contribution in [0.2, 0.25) is 5.02 Å². The first kappa shape index (κ1) is 17.2. The molecule has 2 heterocycles. The topological polar surface area (TPSA) is 63.9 Å². The number of amides is 1. The van der Waals surface area contributed by atoms with Crippen LogP contribution < -0.4 is 4.90 Å². The molecule has 4 aromatic rings. The Morgan fingerprint density at radius 1 is 1.07 bits per heavy atom. The molecule has 7 heteroatoms. The lowest BCUT2D eigenvalue weighted by atomic mass is 10.2. The molecular formula is C20H16ClN5O. The molecule has 0 N–H and O–H groups in total. The SMILES string of the molecule is CN(C(=O)Cn1cnc2cnc(-c3ccc(Cl)cc3)nc21)c1ccccc1. The largest absolute Gasteiger partial charge is 0.314 e. The summed E-state index contributed by atoms with van der Waals surface area (Å²) in [6.07, 6.45) is 3.27. The molecule has 134 valence electrons. The zero-order valence-corrected chi connectivity index (χ0v) is 15.3. The number of benzene rings is 2. The minimum atomic E-state index is -0.0628. The van der Waals surface area contributed by atoms with Gasteiger partial charge in [-0.25, -0.2) is 15.0 Å². The predicted molar refractivity (Wildman–Crippen MR) is 106 cm³/mol. The number of nitrogens with zero attached hydrogens (tertiary/aromatic N) is 5. The van der Waals surface area contributed by atoms with E-state index in [9.17, 15) is 4.79 Å². The standard InChI is InChI=1S/C20H16ClN5O/c1-25(16-5-3-2-4-6-16)18(27)12-26-13-23-17-11-22-19(24-20(17)26)14-7-9-15(21)10-8-14/h2-11,13H,12H2,1H3. The van der Waals surface area contributed by atoms with Crippen LogP contribution in [0, 0.1) is 0 Å². The van der Waals surface area contributed by atoms with Crippen molar-refractivity contribution < 1.29 is 4.79 Å². The van der Waals surface area contributed by atoms with Gasteiger partial charge in [0.25, 0.3) is 0 Å². The fourth-order valence-electron chi connectivity index (χ4n) is 2.76. The third-order valence-electron chi connectivity index (χ3n) is 4.28. The number of carbonyl (C=O) groups is 1. The van der Waals surface area contributed by atoms with Crippen molar-refractivity contribution in [2.24, 2.45) is 0 Å². The Labute approximate surface area is 161 Å². The Balaban J connectivity index is 1.63. The Morgan fingerprint density at radius 2 is 1.81 bits per heavy atom. The highest BCUT2D eigenvalue weighted by atomic mass is 35.5. The molecule has 4 rings (SSSR count). The van der Waals surface area contributed by atoms with Crippen molar-refractivity contribution in [2.75, 3.05) is 11.9 Å². The maximum Gasteiger partial charge on any atom is 0.246 e. The molecule has 0 radical (unpaired) electrons. The lowest BCUT2D eigenvalue weighted by molar-refractivity contribution is -0.118. The zero-order valence-electron chi connectivity index (χ0n) is 14.6. The molecule has 0 atom stereocenters. The van der Waals surface area contributed by atoms with Crippen molar-refractivity contribution in [3.05, 3.63) is 72.1 Å². The number of aromatic nitrogens is 4. The van der Waals surface area contributed by atoms with Crippen LogP contribution in [-0.4, -0.2) is 32.5 Å². The normalized spacial score (nSPS) is 10.9. The van der Waals surface area contributed by atoms with Crippen LogP contribution in [0.4, 0.5) is 5.69 Å². The van der Waals surface area contributed by atoms with E-state index in [1.165, 1.54) is 0 Å². The molecule has 0 aliphatic rings. The molecular weight excluding hydrogens is 362 g/mol. The van der Waals surface area contributed by atoms with Gasteiger partial charge in [0, 0.05) is 23.3 Å². The van der Waals surface area contributed by atoms with Gasteiger partial charge in [-0.15, -0.1) is 0 Å². The van der Waals surface area contributed by atoms with Crippen molar-refractivity contribution in [1.82, 2.24) is 19.5 Å². The molecule has 1 amide bonds. The van der Waals surface area contributed by atoms with Crippen molar-refractivity contribution in [3.8, 4) is 11.4 Å². The molecule has 0 spiro atoms. The maximum absolute atomic E-state index is 12.7. The highest BCUT2D eigenvalue weighted by molar-refractivity contribution is 6.30. The van der Waals surface area contributed by atoms with E-state index < -0.39 is 0 Å². The molecule has 27 heavy (non-hydrogen) atoms. The number of halogens is 1. The summed E-state index contributed by atoms with van der Waals surface area (Å²) in [6.45, 7) is 0.138. The third-order valence-corrected chi connectivity index (χ3v) is 4.54. The van der Waals surface area contributed by atoms with E-state index >= 15 is 0 Å². The molecule has 0 aliphatic heterocycles. The molecule has 2 aromatic carbocycles. The summed E-state index contributed by atoms with van der Waals surface area (Å²) in [5, 5.41) is 0.652. The van der Waals surface area contributed by atoms with Crippen LogP contribution in [0.5, 0.6) is 0 Å². The fraction of sp³-hybridized carbons (Fsp3) is 0.100. The Hall–Kier alpha value is -3.25. The van der Waals surface area contributed by atoms with Gasteiger partial charge in [-0.1, -0.05) is 29.8 Å². The number of hydrogen-bond donors (Lipinski definition) is 0. The second-order valence-electron chi connectivity index (χ2n) is 6.07. The average Bonchev–Trinajstić information content (AvgIpc) is 3.10. The third kappa shape index (κ3) is 3.52. The van der Waals surface area contributed by atoms with Gasteiger partial charge in [-0.05, 0) is 36.4 Å². The monoisotopic (exact) mass is 377 g/mol. The average molecular weight is 378 g/mol. The first-order valence-corrected chi connectivity index (χ1v) is 8.75. The molecule has 2 aromatic heterocycles. The number of rotatable bonds is 4. The Kier molecular flexibility index (Phi) is 4.56. The summed E-state index contributed by atoms with van der Waals surface area (Å²) >= 11 is 5.94. The van der Waals surface area contributed by atoms with Crippen molar-refractivity contribution >= 4 is 34.4 Å². The number of fused-ring (bicyclic) bond motifs is 1. The van der Waals surface area contributed by atoms with Gasteiger partial charge >= 0.3 is 0 Å². The molecule has 0 unspecified atom stereocenters. The maximum atomic E-state index is 12.7. The van der Waals surface area contributed by atoms with E-state index in [1.54, 1.807) is 41.2 Å². The fourth-order valence-corrected chi connectivity index (χ4v) is 2.88. The summed E-state index contributed by atoms with van der Waals surface area (Å²) in [5.74, 6) is 0.497. The molecule has 0 bridgehead atoms. The van der Waals surface area contributed by atoms with E-state index in [4.69, 9.17) is 11.6 Å². The predicted octanol–water partition coefficient (Wildman–Crippen LogP) is 3.81. The van der Waals surface area contributed by atoms with Gasteiger partial charge < -0.3 is 9.47 Å². The molecule has 0 fully saturated rings. The van der Waals surface area contributed by atoms with Gasteiger partial charge in [0.05, 0.1) is 12.5 Å². The van der Waals surface area contributed by atoms with Gasteiger partial charge in [0.15, 0.2) is 11.5 Å². The summed E-state index contributed by atoms with van der Waals surface area (Å²) in [7, 11) is 1.75. The smallest absolute Gasteiger partial charge is 0.246 e. The second-order valence-corrected chi connectivity index (χ2v) is 6.51. The van der Waals surface area contributed by atoms with Crippen molar-refractivity contribution in [3.63, 3.8) is 0 Å². The van der Waals surface area contributed by atoms with E-state index in [0.29, 0.717) is 22.0 Å². The number of carbonyl (C=O) groups excluding carboxylic acids is 1. The summed E-state index contributed by atoms with van der Waals surface area (Å²) in [5.41, 5.74) is 2.94. The van der Waals surface area contributed by atoms with E-state index in [2.05, 4.69) is 15.0 Å². The highest BCUT2D eigenvalue weighted by Crippen LogP contribution is 2.20. The van der Waals surface area contributed by atoms with Gasteiger partial charge in [0.1, 0.15) is 12.1 Å². The van der Waals surface area contributed by atoms with Crippen LogP contribution in [-0.2, 0) is 11.3 Å². The Bertz CT molecular complexity index is 1090. The van der Waals surface area contributed by atoms with Gasteiger partial charge in [-0.2, -0.15) is 0 Å². The zero-order chi connectivity index (χ0) is 18.8. The van der Waals surface area contributed by atoms with Crippen molar-refractivity contribution in [2.45, 2.75) is 6.54 Å². The summed E-state index contributed by atoms with van der Waals surface area (Å²) in [6, 6.07) is 16.8. The molecule has 0 saturated heterocycles. The minimum absolute atomic E-state index is 0.0628. The first-order chi connectivity index (χ1) is 13.1. The molecule has 0 aliphatic carbocycles. The Morgan fingerprint density at radius 3 is 2.56 bits per heavy atom. The molecule has 6 nitrogen and oxygen atoms in total. The first-order valence-electron chi connectivity index (χ1n) is 8.37. The minimum Gasteiger partial charge on any atom is -0.314 e. The lowest BCUT2D eigenvalue weighted by Gasteiger charge is -2.17. The van der Waals surface area contributed by atoms with Gasteiger partial charge in [-0.3, -0.25) is 4.79 Å². The van der Waals surface area contributed by atoms with Crippen LogP contribution in [0.3, 0.4) is 0 Å². The number of likely N-dealkylation sites (N-methyl/N-ethyl adjacent to an activating group) is 1. The number of imidazole rings is 1. The van der Waals surface area contributed by atoms with Crippen LogP contribution in [0.1, 0.15) is 0 Å². The van der Waals surface area contributed by atoms with Crippen molar-refractivity contribution in [1.29, 1.82) is 0 Å². The summed E-state index contributed by atoms with van der Waals surface area (Å²) in [4.78, 5) is 27.5. The van der Waals surface area contributed by atoms with Crippen LogP contribution in [0.25, 0.3) is 22.6 Å². The number of anilines is 1. The van der Waals surface area contributed by atoms with Gasteiger partial charge in [0.2, 0.25) is 5.91 Å². The van der Waals surface area contributed by atoms with E-state index in [-0.39, 0.29) is 12.5 Å². The second kappa shape index (κ2) is 7.17. The summed E-state index contributed by atoms with van der Waals surface area (Å²) < 4.78 is 1.73.